The van der Waals surface area contributed by atoms with Gasteiger partial charge in [0.15, 0.2) is 5.78 Å². The number of nitrogens with one attached hydrogen (secondary N) is 1. The minimum Gasteiger partial charge on any atom is -0.316 e. The fourth-order valence-corrected chi connectivity index (χ4v) is 4.91. The van der Waals surface area contributed by atoms with Crippen LogP contribution < -0.4 is 10.5 Å². The summed E-state index contributed by atoms with van der Waals surface area (Å²) in [5.74, 6) is -0.0272. The summed E-state index contributed by atoms with van der Waals surface area (Å²) in [5, 5.41) is 9.52. The van der Waals surface area contributed by atoms with Crippen LogP contribution in [0.5, 0.6) is 0 Å². The molecular weight excluding hydrogens is 443 g/mol. The van der Waals surface area contributed by atoms with E-state index in [0.717, 1.165) is 66.9 Å². The molecule has 0 fully saturated rings. The highest BCUT2D eigenvalue weighted by atomic mass is 35.5. The predicted molar refractivity (Wildman–Crippen MR) is 123 cm³/mol. The quantitative estimate of drug-likeness (QED) is 0.404. The van der Waals surface area contributed by atoms with Crippen molar-refractivity contribution in [1.82, 2.24) is 5.32 Å². The number of benzene rings is 2. The third kappa shape index (κ3) is 6.53. The average Bonchev–Trinajstić information content (AvgIpc) is 3.15. The summed E-state index contributed by atoms with van der Waals surface area (Å²) < 4.78 is 23.8. The smallest absolute Gasteiger partial charge is 0.238 e. The van der Waals surface area contributed by atoms with E-state index in [4.69, 9.17) is 16.7 Å². The molecular formula is C22H28Cl2N2O3S. The topological polar surface area (TPSA) is 89.3 Å². The number of carbonyl (C=O) groups excluding carboxylic acids is 1. The monoisotopic (exact) mass is 470 g/mol. The molecule has 164 valence electrons. The van der Waals surface area contributed by atoms with E-state index in [0.29, 0.717) is 18.4 Å². The van der Waals surface area contributed by atoms with E-state index in [1.165, 1.54) is 6.07 Å². The molecule has 0 saturated heterocycles. The van der Waals surface area contributed by atoms with Crippen LogP contribution in [0.25, 0.3) is 0 Å². The molecule has 0 amide bonds. The SMILES string of the molecule is Cl.NS(=O)(=O)c1cc(C(=O)CCCCNCCc2ccccc2Cl)cc2c1CCC2. The molecule has 0 heterocycles. The maximum Gasteiger partial charge on any atom is 0.238 e. The number of fused-ring (bicyclic) bond motifs is 1. The van der Waals surface area contributed by atoms with Crippen molar-refractivity contribution in [1.29, 1.82) is 0 Å². The number of ketones is 1. The first-order valence-electron chi connectivity index (χ1n) is 10.0. The highest BCUT2D eigenvalue weighted by molar-refractivity contribution is 7.89. The molecule has 0 aromatic heterocycles. The molecule has 3 N–H and O–H groups in total. The van der Waals surface area contributed by atoms with Crippen molar-refractivity contribution >= 4 is 39.8 Å². The molecule has 8 heteroatoms. The third-order valence-corrected chi connectivity index (χ3v) is 6.69. The van der Waals surface area contributed by atoms with E-state index >= 15 is 0 Å². The Morgan fingerprint density at radius 2 is 1.87 bits per heavy atom. The second kappa shape index (κ2) is 11.3. The Hall–Kier alpha value is -1.44. The van der Waals surface area contributed by atoms with Gasteiger partial charge in [-0.15, -0.1) is 12.4 Å². The van der Waals surface area contributed by atoms with E-state index in [9.17, 15) is 13.2 Å². The molecule has 3 rings (SSSR count). The van der Waals surface area contributed by atoms with Crippen LogP contribution in [0.1, 0.15) is 52.7 Å². The van der Waals surface area contributed by atoms with Gasteiger partial charge in [0.25, 0.3) is 0 Å². The van der Waals surface area contributed by atoms with Crippen LogP contribution in [0.3, 0.4) is 0 Å². The molecule has 2 aromatic rings. The lowest BCUT2D eigenvalue weighted by Gasteiger charge is -2.10. The molecule has 0 saturated carbocycles. The zero-order chi connectivity index (χ0) is 20.9. The number of rotatable bonds is 10. The number of halogens is 2. The van der Waals surface area contributed by atoms with Crippen LogP contribution in [0.15, 0.2) is 41.3 Å². The fraction of sp³-hybridized carbons (Fsp3) is 0.409. The second-order valence-corrected chi connectivity index (χ2v) is 9.42. The van der Waals surface area contributed by atoms with Gasteiger partial charge in [-0.05, 0) is 86.5 Å². The Morgan fingerprint density at radius 3 is 2.60 bits per heavy atom. The van der Waals surface area contributed by atoms with Crippen molar-refractivity contribution in [3.63, 3.8) is 0 Å². The van der Waals surface area contributed by atoms with Crippen molar-refractivity contribution in [3.05, 3.63) is 63.7 Å². The molecule has 0 radical (unpaired) electrons. The summed E-state index contributed by atoms with van der Waals surface area (Å²) in [5.41, 5.74) is 3.31. The number of aryl methyl sites for hydroxylation is 1. The largest absolute Gasteiger partial charge is 0.316 e. The predicted octanol–water partition coefficient (Wildman–Crippen LogP) is 4.08. The van der Waals surface area contributed by atoms with Gasteiger partial charge < -0.3 is 5.32 Å². The minimum atomic E-state index is -3.82. The number of hydrogen-bond acceptors (Lipinski definition) is 4. The summed E-state index contributed by atoms with van der Waals surface area (Å²) in [6.45, 7) is 1.66. The fourth-order valence-electron chi connectivity index (χ4n) is 3.81. The Morgan fingerprint density at radius 1 is 1.10 bits per heavy atom. The van der Waals surface area contributed by atoms with Gasteiger partial charge in [-0.2, -0.15) is 0 Å². The number of nitrogens with two attached hydrogens (primary N) is 1. The third-order valence-electron chi connectivity index (χ3n) is 5.34. The van der Waals surface area contributed by atoms with E-state index in [1.807, 2.05) is 30.3 Å². The lowest BCUT2D eigenvalue weighted by molar-refractivity contribution is 0.0979. The van der Waals surface area contributed by atoms with Crippen LogP contribution in [0.2, 0.25) is 5.02 Å². The maximum absolute atomic E-state index is 12.6. The minimum absolute atomic E-state index is 0. The van der Waals surface area contributed by atoms with E-state index in [-0.39, 0.29) is 23.1 Å². The van der Waals surface area contributed by atoms with Gasteiger partial charge >= 0.3 is 0 Å². The van der Waals surface area contributed by atoms with Crippen molar-refractivity contribution in [2.75, 3.05) is 13.1 Å². The first-order valence-corrected chi connectivity index (χ1v) is 11.9. The summed E-state index contributed by atoms with van der Waals surface area (Å²) in [7, 11) is -3.82. The van der Waals surface area contributed by atoms with Crippen LogP contribution in [0, 0.1) is 0 Å². The molecule has 30 heavy (non-hydrogen) atoms. The molecule has 0 aliphatic heterocycles. The van der Waals surface area contributed by atoms with Crippen LogP contribution in [0.4, 0.5) is 0 Å². The molecule has 1 aliphatic rings. The van der Waals surface area contributed by atoms with Gasteiger partial charge in [-0.3, -0.25) is 4.79 Å². The first-order chi connectivity index (χ1) is 13.9. The number of sulfonamides is 1. The van der Waals surface area contributed by atoms with Crippen LogP contribution in [-0.2, 0) is 29.3 Å². The van der Waals surface area contributed by atoms with E-state index < -0.39 is 10.0 Å². The summed E-state index contributed by atoms with van der Waals surface area (Å²) in [4.78, 5) is 12.7. The molecule has 0 spiro atoms. The maximum atomic E-state index is 12.6. The lowest BCUT2D eigenvalue weighted by atomic mass is 10.0. The standard InChI is InChI=1S/C22H27ClN2O3S.ClH/c23-20-9-2-1-6-16(20)11-13-25-12-4-3-10-21(26)18-14-17-7-5-8-19(17)22(15-18)29(24,27)28;/h1-2,6,9,14-15,25H,3-5,7-8,10-13H2,(H2,24,27,28);1H. The molecule has 0 atom stereocenters. The Kier molecular flexibility index (Phi) is 9.31. The number of primary sulfonamides is 1. The molecule has 5 nitrogen and oxygen atoms in total. The van der Waals surface area contributed by atoms with E-state index in [1.54, 1.807) is 0 Å². The summed E-state index contributed by atoms with van der Waals surface area (Å²) in [6.07, 6.45) is 5.29. The average molecular weight is 471 g/mol. The second-order valence-electron chi connectivity index (χ2n) is 7.48. The summed E-state index contributed by atoms with van der Waals surface area (Å²) >= 11 is 6.14. The van der Waals surface area contributed by atoms with Crippen molar-refractivity contribution in [2.24, 2.45) is 5.14 Å². The van der Waals surface area contributed by atoms with Gasteiger partial charge in [0.2, 0.25) is 10.0 Å². The van der Waals surface area contributed by atoms with E-state index in [2.05, 4.69) is 5.32 Å². The highest BCUT2D eigenvalue weighted by Crippen LogP contribution is 2.30. The molecule has 0 bridgehead atoms. The van der Waals surface area contributed by atoms with Crippen LogP contribution in [-0.4, -0.2) is 27.3 Å². The number of Topliss-reactive ketones (excluding diaryl/α,β-unsaturated/α-hetero) is 1. The van der Waals surface area contributed by atoms with Gasteiger partial charge in [0.05, 0.1) is 4.90 Å². The van der Waals surface area contributed by atoms with Gasteiger partial charge in [-0.1, -0.05) is 29.8 Å². The van der Waals surface area contributed by atoms with Gasteiger partial charge in [-0.25, -0.2) is 13.6 Å². The van der Waals surface area contributed by atoms with Gasteiger partial charge in [0, 0.05) is 17.0 Å². The van der Waals surface area contributed by atoms with Crippen molar-refractivity contribution in [2.45, 2.75) is 49.8 Å². The van der Waals surface area contributed by atoms with Crippen molar-refractivity contribution < 1.29 is 13.2 Å². The normalized spacial score (nSPS) is 13.0. The highest BCUT2D eigenvalue weighted by Gasteiger charge is 2.23. The summed E-state index contributed by atoms with van der Waals surface area (Å²) in [6, 6.07) is 11.1. The molecule has 0 unspecified atom stereocenters. The Bertz CT molecular complexity index is 994. The number of unbranched alkanes of at least 4 members (excludes halogenated alkanes) is 1. The zero-order valence-electron chi connectivity index (χ0n) is 16.8. The number of carbonyl (C=O) groups is 1. The molecule has 2 aromatic carbocycles. The first kappa shape index (κ1) is 24.8. The molecule has 1 aliphatic carbocycles. The van der Waals surface area contributed by atoms with Crippen molar-refractivity contribution in [3.8, 4) is 0 Å². The number of hydrogen-bond donors (Lipinski definition) is 2. The van der Waals surface area contributed by atoms with Crippen LogP contribution >= 0.6 is 24.0 Å². The zero-order valence-corrected chi connectivity index (χ0v) is 19.2. The van der Waals surface area contributed by atoms with Gasteiger partial charge in [0.1, 0.15) is 0 Å². The Labute approximate surface area is 189 Å². The lowest BCUT2D eigenvalue weighted by Crippen LogP contribution is -2.19. The Balaban J connectivity index is 0.00000320.